The van der Waals surface area contributed by atoms with Crippen LogP contribution in [0.1, 0.15) is 51.7 Å². The van der Waals surface area contributed by atoms with Gasteiger partial charge in [-0.05, 0) is 67.7 Å². The largest absolute Gasteiger partial charge is 0.544 e. The van der Waals surface area contributed by atoms with Crippen molar-refractivity contribution in [1.82, 2.24) is 5.48 Å². The van der Waals surface area contributed by atoms with E-state index in [0.29, 0.717) is 24.1 Å². The molecule has 1 saturated carbocycles. The van der Waals surface area contributed by atoms with E-state index in [1.165, 1.54) is 0 Å². The monoisotopic (exact) mass is 481 g/mol. The standard InChI is InChI=1S/C27H35NO5Si/c1-7-31-24(29)26(17-18-26)27(30)22(19-11-9-8-10-12-19)23(28-33-27)20-13-15-21(16-14-20)32-34(5,6)25(2,3)4/h8-16,28,30H,7,17-18H2,1-6H3. The Hall–Kier alpha value is -2.61. The van der Waals surface area contributed by atoms with Crippen LogP contribution in [0.5, 0.6) is 5.75 Å². The quantitative estimate of drug-likeness (QED) is 0.401. The molecule has 0 amide bonds. The molecule has 1 unspecified atom stereocenters. The van der Waals surface area contributed by atoms with Crippen molar-refractivity contribution in [2.45, 2.75) is 64.5 Å². The van der Waals surface area contributed by atoms with E-state index in [1.54, 1.807) is 6.92 Å². The molecule has 4 rings (SSSR count). The highest BCUT2D eigenvalue weighted by molar-refractivity contribution is 6.74. The highest BCUT2D eigenvalue weighted by atomic mass is 28.4. The van der Waals surface area contributed by atoms with E-state index < -0.39 is 25.5 Å². The van der Waals surface area contributed by atoms with Crippen LogP contribution in [0.15, 0.2) is 54.6 Å². The molecule has 34 heavy (non-hydrogen) atoms. The lowest BCUT2D eigenvalue weighted by molar-refractivity contribution is -0.224. The third kappa shape index (κ3) is 4.06. The van der Waals surface area contributed by atoms with Gasteiger partial charge >= 0.3 is 5.97 Å². The van der Waals surface area contributed by atoms with Crippen molar-refractivity contribution in [3.05, 3.63) is 65.7 Å². The summed E-state index contributed by atoms with van der Waals surface area (Å²) < 4.78 is 11.7. The zero-order valence-corrected chi connectivity index (χ0v) is 21.9. The second kappa shape index (κ2) is 8.55. The van der Waals surface area contributed by atoms with Crippen LogP contribution in [0, 0.1) is 5.41 Å². The molecule has 6 nitrogen and oxygen atoms in total. The van der Waals surface area contributed by atoms with E-state index >= 15 is 0 Å². The minimum atomic E-state index is -1.96. The summed E-state index contributed by atoms with van der Waals surface area (Å²) in [6, 6.07) is 17.3. The van der Waals surface area contributed by atoms with Crippen molar-refractivity contribution in [1.29, 1.82) is 0 Å². The third-order valence-electron chi connectivity index (χ3n) is 7.34. The lowest BCUT2D eigenvalue weighted by Crippen LogP contribution is -2.47. The number of hydrogen-bond donors (Lipinski definition) is 2. The van der Waals surface area contributed by atoms with Crippen LogP contribution in [-0.4, -0.2) is 31.8 Å². The van der Waals surface area contributed by atoms with E-state index in [9.17, 15) is 9.90 Å². The lowest BCUT2D eigenvalue weighted by Gasteiger charge is -2.36. The van der Waals surface area contributed by atoms with Crippen molar-refractivity contribution in [3.8, 4) is 5.75 Å². The molecule has 1 fully saturated rings. The highest BCUT2D eigenvalue weighted by Gasteiger charge is 2.70. The first-order chi connectivity index (χ1) is 16.0. The Balaban J connectivity index is 1.75. The topological polar surface area (TPSA) is 77.0 Å². The first-order valence-electron chi connectivity index (χ1n) is 11.9. The van der Waals surface area contributed by atoms with Gasteiger partial charge in [-0.1, -0.05) is 51.1 Å². The van der Waals surface area contributed by atoms with Gasteiger partial charge < -0.3 is 14.3 Å². The van der Waals surface area contributed by atoms with E-state index in [1.807, 2.05) is 54.6 Å². The summed E-state index contributed by atoms with van der Waals surface area (Å²) in [6.45, 7) is 13.1. The van der Waals surface area contributed by atoms with Gasteiger partial charge in [0.25, 0.3) is 0 Å². The highest BCUT2D eigenvalue weighted by Crippen LogP contribution is 2.62. The van der Waals surface area contributed by atoms with E-state index in [2.05, 4.69) is 39.3 Å². The Morgan fingerprint density at radius 1 is 1.06 bits per heavy atom. The zero-order valence-electron chi connectivity index (χ0n) is 20.9. The predicted octanol–water partition coefficient (Wildman–Crippen LogP) is 5.51. The number of benzene rings is 2. The number of hydroxylamine groups is 1. The van der Waals surface area contributed by atoms with Crippen molar-refractivity contribution in [2.24, 2.45) is 5.41 Å². The number of ether oxygens (including phenoxy) is 1. The average molecular weight is 482 g/mol. The van der Waals surface area contributed by atoms with Gasteiger partial charge in [0.15, 0.2) is 0 Å². The van der Waals surface area contributed by atoms with Gasteiger partial charge in [-0.3, -0.25) is 10.3 Å². The molecule has 182 valence electrons. The molecule has 2 aliphatic rings. The molecule has 7 heteroatoms. The first kappa shape index (κ1) is 24.5. The fourth-order valence-electron chi connectivity index (χ4n) is 4.09. The minimum Gasteiger partial charge on any atom is -0.544 e. The Bertz CT molecular complexity index is 1080. The van der Waals surface area contributed by atoms with Crippen LogP contribution in [0.25, 0.3) is 11.3 Å². The Labute approximate surface area is 203 Å². The maximum absolute atomic E-state index is 12.9. The minimum absolute atomic E-state index is 0.0949. The predicted molar refractivity (Wildman–Crippen MR) is 135 cm³/mol. The SMILES string of the molecule is CCOC(=O)C1(C2(O)ONC(c3ccc(O[Si](C)(C)C(C)(C)C)cc3)=C2c2ccccc2)CC1. The summed E-state index contributed by atoms with van der Waals surface area (Å²) >= 11 is 0. The van der Waals surface area contributed by atoms with Gasteiger partial charge in [-0.25, -0.2) is 4.84 Å². The fourth-order valence-corrected chi connectivity index (χ4v) is 5.13. The summed E-state index contributed by atoms with van der Waals surface area (Å²) in [7, 11) is -1.96. The molecule has 2 aromatic rings. The Morgan fingerprint density at radius 2 is 1.68 bits per heavy atom. The second-order valence-corrected chi connectivity index (χ2v) is 15.4. The van der Waals surface area contributed by atoms with Crippen LogP contribution < -0.4 is 9.91 Å². The molecule has 1 heterocycles. The number of carbonyl (C=O) groups excluding carboxylic acids is 1. The van der Waals surface area contributed by atoms with E-state index in [4.69, 9.17) is 14.0 Å². The summed E-state index contributed by atoms with van der Waals surface area (Å²) in [4.78, 5) is 18.7. The first-order valence-corrected chi connectivity index (χ1v) is 14.8. The Morgan fingerprint density at radius 3 is 2.21 bits per heavy atom. The Kier molecular flexibility index (Phi) is 6.17. The van der Waals surface area contributed by atoms with Crippen LogP contribution in [0.4, 0.5) is 0 Å². The van der Waals surface area contributed by atoms with Crippen LogP contribution in [0.3, 0.4) is 0 Å². The van der Waals surface area contributed by atoms with Gasteiger partial charge in [0.1, 0.15) is 11.2 Å². The molecule has 2 aromatic carbocycles. The third-order valence-corrected chi connectivity index (χ3v) is 11.7. The number of rotatable bonds is 7. The summed E-state index contributed by atoms with van der Waals surface area (Å²) in [5.41, 5.74) is 4.58. The molecular weight excluding hydrogens is 446 g/mol. The number of carbonyl (C=O) groups is 1. The van der Waals surface area contributed by atoms with E-state index in [-0.39, 0.29) is 11.6 Å². The van der Waals surface area contributed by atoms with Crippen molar-refractivity contribution < 1.29 is 23.9 Å². The molecule has 0 saturated heterocycles. The van der Waals surface area contributed by atoms with E-state index in [0.717, 1.165) is 16.9 Å². The smallest absolute Gasteiger partial charge is 0.318 e. The van der Waals surface area contributed by atoms with Gasteiger partial charge in [-0.15, -0.1) is 0 Å². The molecule has 0 radical (unpaired) electrons. The normalized spacial score (nSPS) is 21.7. The van der Waals surface area contributed by atoms with Gasteiger partial charge in [0, 0.05) is 11.1 Å². The number of hydrogen-bond acceptors (Lipinski definition) is 6. The molecule has 1 aliphatic carbocycles. The fraction of sp³-hybridized carbons (Fsp3) is 0.444. The van der Waals surface area contributed by atoms with Crippen molar-refractivity contribution in [3.63, 3.8) is 0 Å². The molecule has 0 spiro atoms. The second-order valence-electron chi connectivity index (χ2n) is 10.7. The van der Waals surface area contributed by atoms with Gasteiger partial charge in [-0.2, -0.15) is 0 Å². The molecular formula is C27H35NO5Si. The lowest BCUT2D eigenvalue weighted by atomic mass is 9.83. The van der Waals surface area contributed by atoms with Crippen LogP contribution >= 0.6 is 0 Å². The van der Waals surface area contributed by atoms with Crippen molar-refractivity contribution in [2.75, 3.05) is 6.61 Å². The summed E-state index contributed by atoms with van der Waals surface area (Å²) in [6.07, 6.45) is 0.986. The summed E-state index contributed by atoms with van der Waals surface area (Å²) in [5, 5.41) is 12.0. The van der Waals surface area contributed by atoms with Crippen LogP contribution in [0.2, 0.25) is 18.1 Å². The molecule has 0 aromatic heterocycles. The summed E-state index contributed by atoms with van der Waals surface area (Å²) in [5.74, 6) is -1.46. The zero-order chi connectivity index (χ0) is 24.8. The molecule has 2 N–H and O–H groups in total. The molecule has 0 bridgehead atoms. The molecule has 1 aliphatic heterocycles. The molecule has 1 atom stereocenters. The number of esters is 1. The van der Waals surface area contributed by atoms with Gasteiger partial charge in [0.2, 0.25) is 14.1 Å². The maximum Gasteiger partial charge on any atom is 0.318 e. The van der Waals surface area contributed by atoms with Crippen molar-refractivity contribution >= 4 is 25.6 Å². The average Bonchev–Trinajstić information content (AvgIpc) is 3.53. The number of nitrogens with one attached hydrogen (secondary N) is 1. The maximum atomic E-state index is 12.9. The number of aliphatic hydroxyl groups is 1. The van der Waals surface area contributed by atoms with Gasteiger partial charge in [0.05, 0.1) is 12.3 Å². The van der Waals surface area contributed by atoms with Crippen LogP contribution in [-0.2, 0) is 14.4 Å².